The molecule has 0 unspecified atom stereocenters. The molecule has 0 radical (unpaired) electrons. The fraction of sp³-hybridized carbons (Fsp3) is 1.00. The topological polar surface area (TPSA) is 109 Å². The van der Waals surface area contributed by atoms with Crippen LogP contribution in [-0.4, -0.2) is 22.4 Å². The van der Waals surface area contributed by atoms with Crippen molar-refractivity contribution in [3.8, 4) is 0 Å². The van der Waals surface area contributed by atoms with E-state index in [1.54, 1.807) is 83.1 Å². The van der Waals surface area contributed by atoms with Gasteiger partial charge < -0.3 is 20.4 Å². The normalized spacial score (nSPS) is 11.2. The third-order valence-electron chi connectivity index (χ3n) is 0. The molecule has 0 aromatic carbocycles. The van der Waals surface area contributed by atoms with Crippen molar-refractivity contribution in [2.45, 2.75) is 105 Å². The first-order chi connectivity index (χ1) is 9.00. The second kappa shape index (κ2) is 14.9. The summed E-state index contributed by atoms with van der Waals surface area (Å²) in [6.45, 7) is 19.6. The summed E-state index contributed by atoms with van der Waals surface area (Å²) >= 11 is 0.333. The first-order valence-electron chi connectivity index (χ1n) is 6.98. The SMILES string of the molecule is CC(C)(C)[O-].CC(C)(C)[O-].CC(C)(C)[O-].CC(C)(C)[O-].[O]=[W+4]. The predicted octanol–water partition coefficient (Wildman–Crippen LogP) is 0.460. The van der Waals surface area contributed by atoms with Crippen molar-refractivity contribution < 1.29 is 43.6 Å². The van der Waals surface area contributed by atoms with E-state index in [-0.39, 0.29) is 0 Å². The summed E-state index contributed by atoms with van der Waals surface area (Å²) in [6.07, 6.45) is 0. The van der Waals surface area contributed by atoms with Crippen LogP contribution in [0.1, 0.15) is 83.1 Å². The van der Waals surface area contributed by atoms with Gasteiger partial charge in [-0.1, -0.05) is 83.1 Å². The van der Waals surface area contributed by atoms with Gasteiger partial charge in [0, 0.05) is 0 Å². The minimum atomic E-state index is -0.750. The second-order valence-corrected chi connectivity index (χ2v) is 8.45. The molecule has 0 atom stereocenters. The summed E-state index contributed by atoms with van der Waals surface area (Å²) < 4.78 is 8.33. The third kappa shape index (κ3) is 70500. The Kier molecular flexibility index (Phi) is 22.9. The van der Waals surface area contributed by atoms with E-state index in [4.69, 9.17) is 3.40 Å². The third-order valence-corrected chi connectivity index (χ3v) is 0. The van der Waals surface area contributed by atoms with E-state index in [0.717, 1.165) is 0 Å². The van der Waals surface area contributed by atoms with Crippen LogP contribution in [-0.2, 0) is 23.2 Å². The van der Waals surface area contributed by atoms with Gasteiger partial charge in [-0.3, -0.25) is 0 Å². The van der Waals surface area contributed by atoms with Crippen molar-refractivity contribution in [2.24, 2.45) is 0 Å². The summed E-state index contributed by atoms with van der Waals surface area (Å²) in [5, 5.41) is 40.4. The van der Waals surface area contributed by atoms with E-state index in [1.807, 2.05) is 0 Å². The Hall–Kier alpha value is 0.328. The standard InChI is InChI=1S/4C4H9O.O.W/c4*1-4(2,3)5;;/h4*1-3H3;;/q4*-1;;+4. The quantitative estimate of drug-likeness (QED) is 0.488. The van der Waals surface area contributed by atoms with E-state index in [0.29, 0.717) is 19.8 Å². The summed E-state index contributed by atoms with van der Waals surface area (Å²) in [5.41, 5.74) is -3.00. The Morgan fingerprint density at radius 1 is 0.409 bits per heavy atom. The van der Waals surface area contributed by atoms with Gasteiger partial charge in [-0.2, -0.15) is 0 Å². The van der Waals surface area contributed by atoms with Crippen molar-refractivity contribution in [1.82, 2.24) is 0 Å². The van der Waals surface area contributed by atoms with Gasteiger partial charge in [0.25, 0.3) is 0 Å². The molecule has 6 heteroatoms. The first kappa shape index (κ1) is 33.8. The van der Waals surface area contributed by atoms with Gasteiger partial charge in [-0.15, -0.1) is 22.4 Å². The summed E-state index contributed by atoms with van der Waals surface area (Å²) in [4.78, 5) is 0. The minimum absolute atomic E-state index is 0.333. The molecule has 0 aliphatic heterocycles. The Labute approximate surface area is 149 Å². The molecule has 5 nitrogen and oxygen atoms in total. The van der Waals surface area contributed by atoms with Crippen molar-refractivity contribution in [3.05, 3.63) is 0 Å². The molecule has 0 aliphatic carbocycles. The summed E-state index contributed by atoms with van der Waals surface area (Å²) in [7, 11) is 0. The van der Waals surface area contributed by atoms with Gasteiger partial charge in [0.1, 0.15) is 0 Å². The van der Waals surface area contributed by atoms with E-state index in [9.17, 15) is 20.4 Å². The van der Waals surface area contributed by atoms with Crippen molar-refractivity contribution in [3.63, 3.8) is 0 Å². The van der Waals surface area contributed by atoms with Crippen LogP contribution in [0, 0.1) is 0 Å². The molecule has 0 aromatic rings. The van der Waals surface area contributed by atoms with Gasteiger partial charge in [0.2, 0.25) is 0 Å². The van der Waals surface area contributed by atoms with Crippen LogP contribution >= 0.6 is 0 Å². The molecule has 0 aliphatic rings. The molecule has 0 fully saturated rings. The molecule has 0 heterocycles. The van der Waals surface area contributed by atoms with Crippen LogP contribution in [0.4, 0.5) is 0 Å². The Balaban J connectivity index is -0.0000000562. The number of hydrogen-bond donors (Lipinski definition) is 0. The molecular weight excluding hydrogens is 456 g/mol. The monoisotopic (exact) mass is 492 g/mol. The van der Waals surface area contributed by atoms with Crippen molar-refractivity contribution >= 4 is 0 Å². The molecule has 0 aromatic heterocycles. The molecule has 0 saturated heterocycles. The molecular formula is C16H36O5W. The molecule has 0 bridgehead atoms. The van der Waals surface area contributed by atoms with Gasteiger partial charge in [-0.05, 0) is 0 Å². The maximum atomic E-state index is 10.1. The fourth-order valence-electron chi connectivity index (χ4n) is 0. The predicted molar refractivity (Wildman–Crippen MR) is 79.7 cm³/mol. The van der Waals surface area contributed by atoms with Gasteiger partial charge in [-0.25, -0.2) is 0 Å². The van der Waals surface area contributed by atoms with Crippen LogP contribution in [0.15, 0.2) is 0 Å². The van der Waals surface area contributed by atoms with Crippen LogP contribution < -0.4 is 20.4 Å². The number of hydrogen-bond acceptors (Lipinski definition) is 5. The first-order valence-corrected chi connectivity index (χ1v) is 8.18. The molecule has 0 N–H and O–H groups in total. The summed E-state index contributed by atoms with van der Waals surface area (Å²) in [6, 6.07) is 0. The second-order valence-electron chi connectivity index (χ2n) is 8.45. The molecule has 0 rings (SSSR count). The van der Waals surface area contributed by atoms with Gasteiger partial charge in [0.15, 0.2) is 0 Å². The molecule has 0 saturated carbocycles. The molecule has 136 valence electrons. The average molecular weight is 492 g/mol. The van der Waals surface area contributed by atoms with E-state index in [2.05, 4.69) is 0 Å². The average Bonchev–Trinajstić information content (AvgIpc) is 1.92. The van der Waals surface area contributed by atoms with Crippen LogP contribution in [0.25, 0.3) is 0 Å². The Bertz CT molecular complexity index is 145. The van der Waals surface area contributed by atoms with Gasteiger partial charge >= 0.3 is 23.2 Å². The van der Waals surface area contributed by atoms with Crippen molar-refractivity contribution in [2.75, 3.05) is 0 Å². The zero-order chi connectivity index (χ0) is 20.0. The molecule has 22 heavy (non-hydrogen) atoms. The van der Waals surface area contributed by atoms with Gasteiger partial charge in [0.05, 0.1) is 0 Å². The van der Waals surface area contributed by atoms with Crippen LogP contribution in [0.2, 0.25) is 0 Å². The molecule has 0 spiro atoms. The van der Waals surface area contributed by atoms with E-state index >= 15 is 0 Å². The number of rotatable bonds is 0. The van der Waals surface area contributed by atoms with Crippen LogP contribution in [0.5, 0.6) is 0 Å². The van der Waals surface area contributed by atoms with E-state index < -0.39 is 22.4 Å². The van der Waals surface area contributed by atoms with E-state index in [1.165, 1.54) is 0 Å². The maximum absolute atomic E-state index is 10.1. The van der Waals surface area contributed by atoms with Crippen molar-refractivity contribution in [1.29, 1.82) is 0 Å². The zero-order valence-electron chi connectivity index (χ0n) is 16.4. The molecule has 0 amide bonds. The zero-order valence-corrected chi connectivity index (χ0v) is 19.4. The Morgan fingerprint density at radius 3 is 0.409 bits per heavy atom. The Morgan fingerprint density at radius 2 is 0.409 bits per heavy atom. The summed E-state index contributed by atoms with van der Waals surface area (Å²) in [5.74, 6) is 0. The van der Waals surface area contributed by atoms with Crippen LogP contribution in [0.3, 0.4) is 0 Å². The fourth-order valence-corrected chi connectivity index (χ4v) is 0.